The van der Waals surface area contributed by atoms with Crippen LogP contribution in [0.15, 0.2) is 30.6 Å². The summed E-state index contributed by atoms with van der Waals surface area (Å²) >= 11 is 12.3. The Bertz CT molecular complexity index is 716. The first kappa shape index (κ1) is 22.7. The number of hydrogen-bond donors (Lipinski definition) is 2. The van der Waals surface area contributed by atoms with Crippen molar-refractivity contribution in [1.82, 2.24) is 9.97 Å². The fraction of sp³-hybridized carbons (Fsp3) is 0.500. The SMILES string of the molecule is CC.OCCC1(O)CCN(c2ncc(OCc3c(Cl)cccc3Cl)cn2)CC1. The van der Waals surface area contributed by atoms with E-state index in [-0.39, 0.29) is 13.2 Å². The minimum absolute atomic E-state index is 0.00547. The molecule has 0 saturated carbocycles. The highest BCUT2D eigenvalue weighted by molar-refractivity contribution is 6.35. The Hall–Kier alpha value is -1.60. The van der Waals surface area contributed by atoms with Crippen molar-refractivity contribution < 1.29 is 14.9 Å². The molecular formula is C20H27Cl2N3O3. The normalized spacial score (nSPS) is 15.6. The molecule has 0 aliphatic carbocycles. The van der Waals surface area contributed by atoms with E-state index in [1.54, 1.807) is 30.6 Å². The molecule has 0 spiro atoms. The van der Waals surface area contributed by atoms with Crippen LogP contribution in [-0.4, -0.2) is 45.5 Å². The zero-order valence-corrected chi connectivity index (χ0v) is 17.7. The van der Waals surface area contributed by atoms with Gasteiger partial charge in [0.1, 0.15) is 6.61 Å². The molecule has 1 aromatic carbocycles. The number of halogens is 2. The highest BCUT2D eigenvalue weighted by Gasteiger charge is 2.32. The first-order valence-electron chi connectivity index (χ1n) is 9.47. The number of hydrogen-bond acceptors (Lipinski definition) is 6. The molecular weight excluding hydrogens is 401 g/mol. The Morgan fingerprint density at radius 2 is 1.68 bits per heavy atom. The van der Waals surface area contributed by atoms with Gasteiger partial charge in [-0.05, 0) is 31.4 Å². The maximum absolute atomic E-state index is 10.3. The van der Waals surface area contributed by atoms with Crippen LogP contribution >= 0.6 is 23.2 Å². The van der Waals surface area contributed by atoms with Gasteiger partial charge in [-0.15, -0.1) is 0 Å². The molecule has 1 aliphatic heterocycles. The van der Waals surface area contributed by atoms with E-state index in [1.165, 1.54) is 0 Å². The second-order valence-corrected chi connectivity index (χ2v) is 7.21. The van der Waals surface area contributed by atoms with Gasteiger partial charge in [0.2, 0.25) is 5.95 Å². The minimum Gasteiger partial charge on any atom is -0.486 e. The zero-order valence-electron chi connectivity index (χ0n) is 16.2. The Kier molecular flexibility index (Phi) is 8.76. The van der Waals surface area contributed by atoms with Crippen molar-refractivity contribution in [2.45, 2.75) is 45.3 Å². The van der Waals surface area contributed by atoms with Crippen LogP contribution in [0.3, 0.4) is 0 Å². The third-order valence-electron chi connectivity index (χ3n) is 4.61. The van der Waals surface area contributed by atoms with Gasteiger partial charge in [-0.25, -0.2) is 9.97 Å². The number of aromatic nitrogens is 2. The van der Waals surface area contributed by atoms with Gasteiger partial charge >= 0.3 is 0 Å². The highest BCUT2D eigenvalue weighted by Crippen LogP contribution is 2.28. The van der Waals surface area contributed by atoms with Crippen LogP contribution in [-0.2, 0) is 6.61 Å². The number of aliphatic hydroxyl groups excluding tert-OH is 1. The quantitative estimate of drug-likeness (QED) is 0.721. The van der Waals surface area contributed by atoms with Gasteiger partial charge in [-0.2, -0.15) is 0 Å². The van der Waals surface area contributed by atoms with E-state index in [0.29, 0.717) is 54.1 Å². The number of anilines is 1. The summed E-state index contributed by atoms with van der Waals surface area (Å²) in [7, 11) is 0. The molecule has 1 fully saturated rings. The molecule has 0 radical (unpaired) electrons. The van der Waals surface area contributed by atoms with Crippen molar-refractivity contribution in [1.29, 1.82) is 0 Å². The van der Waals surface area contributed by atoms with Crippen molar-refractivity contribution in [3.63, 3.8) is 0 Å². The predicted octanol–water partition coefficient (Wildman–Crippen LogP) is 4.10. The third kappa shape index (κ3) is 5.95. The first-order chi connectivity index (χ1) is 13.5. The summed E-state index contributed by atoms with van der Waals surface area (Å²) in [5.41, 5.74) is -0.0678. The van der Waals surface area contributed by atoms with Gasteiger partial charge in [0.15, 0.2) is 5.75 Å². The van der Waals surface area contributed by atoms with Gasteiger partial charge in [-0.1, -0.05) is 43.1 Å². The van der Waals surface area contributed by atoms with Crippen LogP contribution in [0.25, 0.3) is 0 Å². The summed E-state index contributed by atoms with van der Waals surface area (Å²) in [5, 5.41) is 20.5. The maximum Gasteiger partial charge on any atom is 0.225 e. The Labute approximate surface area is 176 Å². The highest BCUT2D eigenvalue weighted by atomic mass is 35.5. The number of piperidine rings is 1. The van der Waals surface area contributed by atoms with Gasteiger partial charge in [0, 0.05) is 35.3 Å². The summed E-state index contributed by atoms with van der Waals surface area (Å²) in [6, 6.07) is 5.31. The number of ether oxygens (including phenoxy) is 1. The molecule has 2 N–H and O–H groups in total. The lowest BCUT2D eigenvalue weighted by Gasteiger charge is -2.37. The average Bonchev–Trinajstić information content (AvgIpc) is 2.70. The van der Waals surface area contributed by atoms with Gasteiger partial charge in [-0.3, -0.25) is 0 Å². The molecule has 28 heavy (non-hydrogen) atoms. The second-order valence-electron chi connectivity index (χ2n) is 6.39. The van der Waals surface area contributed by atoms with Crippen molar-refractivity contribution >= 4 is 29.2 Å². The van der Waals surface area contributed by atoms with Gasteiger partial charge in [0.25, 0.3) is 0 Å². The topological polar surface area (TPSA) is 78.7 Å². The van der Waals surface area contributed by atoms with Crippen molar-refractivity contribution in [3.8, 4) is 5.75 Å². The molecule has 2 aromatic rings. The molecule has 6 nitrogen and oxygen atoms in total. The number of benzene rings is 1. The molecule has 1 aromatic heterocycles. The lowest BCUT2D eigenvalue weighted by atomic mass is 9.89. The molecule has 3 rings (SSSR count). The minimum atomic E-state index is -0.789. The van der Waals surface area contributed by atoms with E-state index >= 15 is 0 Å². The zero-order chi connectivity index (χ0) is 20.6. The monoisotopic (exact) mass is 427 g/mol. The smallest absolute Gasteiger partial charge is 0.225 e. The van der Waals surface area contributed by atoms with E-state index < -0.39 is 5.60 Å². The molecule has 8 heteroatoms. The lowest BCUT2D eigenvalue weighted by Crippen LogP contribution is -2.45. The van der Waals surface area contributed by atoms with Crippen LogP contribution in [0.1, 0.15) is 38.7 Å². The molecule has 154 valence electrons. The number of nitrogens with zero attached hydrogens (tertiary/aromatic N) is 3. The maximum atomic E-state index is 10.3. The Balaban J connectivity index is 0.00000136. The summed E-state index contributed by atoms with van der Waals surface area (Å²) in [5.74, 6) is 1.12. The predicted molar refractivity (Wildman–Crippen MR) is 112 cm³/mol. The Morgan fingerprint density at radius 1 is 1.11 bits per heavy atom. The molecule has 0 atom stereocenters. The average molecular weight is 428 g/mol. The van der Waals surface area contributed by atoms with E-state index in [0.717, 1.165) is 5.56 Å². The van der Waals surface area contributed by atoms with E-state index in [4.69, 9.17) is 33.0 Å². The van der Waals surface area contributed by atoms with Crippen LogP contribution in [0.4, 0.5) is 5.95 Å². The van der Waals surface area contributed by atoms with Crippen molar-refractivity contribution in [2.75, 3.05) is 24.6 Å². The number of rotatable bonds is 6. The lowest BCUT2D eigenvalue weighted by molar-refractivity contribution is -0.00554. The molecule has 0 unspecified atom stereocenters. The van der Waals surface area contributed by atoms with E-state index in [1.807, 2.05) is 18.7 Å². The van der Waals surface area contributed by atoms with Gasteiger partial charge in [0.05, 0.1) is 18.0 Å². The van der Waals surface area contributed by atoms with Crippen LogP contribution < -0.4 is 9.64 Å². The fourth-order valence-corrected chi connectivity index (χ4v) is 3.46. The fourth-order valence-electron chi connectivity index (χ4n) is 2.95. The number of aliphatic hydroxyl groups is 2. The third-order valence-corrected chi connectivity index (χ3v) is 5.32. The van der Waals surface area contributed by atoms with Crippen molar-refractivity contribution in [3.05, 3.63) is 46.2 Å². The molecule has 1 saturated heterocycles. The molecule has 2 heterocycles. The Morgan fingerprint density at radius 3 is 2.21 bits per heavy atom. The molecule has 0 amide bonds. The van der Waals surface area contributed by atoms with E-state index in [9.17, 15) is 5.11 Å². The summed E-state index contributed by atoms with van der Waals surface area (Å²) in [4.78, 5) is 10.7. The van der Waals surface area contributed by atoms with Crippen molar-refractivity contribution in [2.24, 2.45) is 0 Å². The summed E-state index contributed by atoms with van der Waals surface area (Å²) < 4.78 is 5.68. The first-order valence-corrected chi connectivity index (χ1v) is 10.2. The van der Waals surface area contributed by atoms with Crippen LogP contribution in [0.5, 0.6) is 5.75 Å². The standard InChI is InChI=1S/C18H21Cl2N3O3.C2H6/c19-15-2-1-3-16(20)14(15)12-26-13-10-21-17(22-11-13)23-7-4-18(25,5-8-23)6-9-24;1-2/h1-3,10-11,24-25H,4-9,12H2;1-2H3. The largest absolute Gasteiger partial charge is 0.486 e. The van der Waals surface area contributed by atoms with E-state index in [2.05, 4.69) is 9.97 Å². The molecule has 0 bridgehead atoms. The van der Waals surface area contributed by atoms with Crippen LogP contribution in [0.2, 0.25) is 10.0 Å². The summed E-state index contributed by atoms with van der Waals surface area (Å²) in [6.07, 6.45) is 4.79. The van der Waals surface area contributed by atoms with Crippen LogP contribution in [0, 0.1) is 0 Å². The molecule has 1 aliphatic rings. The van der Waals surface area contributed by atoms with Gasteiger partial charge < -0.3 is 19.8 Å². The summed E-state index contributed by atoms with van der Waals surface area (Å²) in [6.45, 7) is 5.52. The second kappa shape index (κ2) is 10.8.